The molecule has 0 saturated heterocycles. The Morgan fingerprint density at radius 1 is 1.38 bits per heavy atom. The van der Waals surface area contributed by atoms with E-state index in [0.717, 1.165) is 19.4 Å². The largest absolute Gasteiger partial charge is 0.480 e. The van der Waals surface area contributed by atoms with E-state index in [1.165, 1.54) is 19.3 Å². The fourth-order valence-electron chi connectivity index (χ4n) is 2.49. The number of rotatable bonds is 5. The summed E-state index contributed by atoms with van der Waals surface area (Å²) in [6, 6.07) is 0. The van der Waals surface area contributed by atoms with Gasteiger partial charge in [-0.3, -0.25) is 4.79 Å². The van der Waals surface area contributed by atoms with Gasteiger partial charge in [0.1, 0.15) is 5.54 Å². The standard InChI is InChI=1S/C13H25NO2/c1-10(2)9-14-13(3,12(15)16)11-7-5-4-6-8-11/h10-11,14H,4-9H2,1-3H3,(H,15,16). The average molecular weight is 227 g/mol. The number of carboxylic acid groups (broad SMARTS) is 1. The highest BCUT2D eigenvalue weighted by atomic mass is 16.4. The van der Waals surface area contributed by atoms with Gasteiger partial charge in [-0.15, -0.1) is 0 Å². The summed E-state index contributed by atoms with van der Waals surface area (Å²) >= 11 is 0. The molecule has 0 aromatic rings. The molecule has 2 N–H and O–H groups in total. The second-order valence-corrected chi connectivity index (χ2v) is 5.62. The minimum atomic E-state index is -0.731. The molecule has 0 aliphatic heterocycles. The van der Waals surface area contributed by atoms with Crippen molar-refractivity contribution in [1.82, 2.24) is 5.32 Å². The molecule has 1 unspecified atom stereocenters. The van der Waals surface area contributed by atoms with Crippen LogP contribution in [0.25, 0.3) is 0 Å². The first-order valence-corrected chi connectivity index (χ1v) is 6.45. The monoisotopic (exact) mass is 227 g/mol. The van der Waals surface area contributed by atoms with Crippen molar-refractivity contribution in [3.8, 4) is 0 Å². The molecule has 0 heterocycles. The number of carbonyl (C=O) groups is 1. The Hall–Kier alpha value is -0.570. The van der Waals surface area contributed by atoms with Crippen molar-refractivity contribution in [3.05, 3.63) is 0 Å². The first-order valence-electron chi connectivity index (χ1n) is 6.45. The fraction of sp³-hybridized carbons (Fsp3) is 0.923. The Kier molecular flexibility index (Phi) is 4.78. The lowest BCUT2D eigenvalue weighted by Crippen LogP contribution is -2.56. The van der Waals surface area contributed by atoms with Crippen molar-refractivity contribution >= 4 is 5.97 Å². The number of carboxylic acids is 1. The highest BCUT2D eigenvalue weighted by Gasteiger charge is 2.41. The molecule has 16 heavy (non-hydrogen) atoms. The quantitative estimate of drug-likeness (QED) is 0.759. The van der Waals surface area contributed by atoms with Gasteiger partial charge in [0.25, 0.3) is 0 Å². The van der Waals surface area contributed by atoms with Crippen molar-refractivity contribution in [1.29, 1.82) is 0 Å². The van der Waals surface area contributed by atoms with E-state index < -0.39 is 11.5 Å². The molecule has 3 heteroatoms. The van der Waals surface area contributed by atoms with Crippen LogP contribution in [-0.4, -0.2) is 23.2 Å². The van der Waals surface area contributed by atoms with Crippen molar-refractivity contribution in [2.45, 2.75) is 58.4 Å². The van der Waals surface area contributed by atoms with Gasteiger partial charge in [-0.2, -0.15) is 0 Å². The Balaban J connectivity index is 2.66. The lowest BCUT2D eigenvalue weighted by atomic mass is 9.75. The molecule has 0 bridgehead atoms. The molecule has 0 aromatic carbocycles. The van der Waals surface area contributed by atoms with Gasteiger partial charge in [0.2, 0.25) is 0 Å². The minimum absolute atomic E-state index is 0.289. The molecule has 1 rings (SSSR count). The van der Waals surface area contributed by atoms with E-state index in [0.29, 0.717) is 5.92 Å². The molecule has 1 atom stereocenters. The molecule has 0 spiro atoms. The maximum atomic E-state index is 11.5. The van der Waals surface area contributed by atoms with Gasteiger partial charge in [0.15, 0.2) is 0 Å². The molecule has 0 amide bonds. The normalized spacial score (nSPS) is 22.0. The highest BCUT2D eigenvalue weighted by molar-refractivity contribution is 5.78. The van der Waals surface area contributed by atoms with Gasteiger partial charge in [-0.1, -0.05) is 33.1 Å². The van der Waals surface area contributed by atoms with Gasteiger partial charge >= 0.3 is 5.97 Å². The molecule has 1 saturated carbocycles. The van der Waals surface area contributed by atoms with Crippen LogP contribution >= 0.6 is 0 Å². The summed E-state index contributed by atoms with van der Waals surface area (Å²) in [4.78, 5) is 11.5. The Labute approximate surface area is 98.6 Å². The van der Waals surface area contributed by atoms with Crippen LogP contribution in [0.15, 0.2) is 0 Å². The van der Waals surface area contributed by atoms with E-state index in [-0.39, 0.29) is 5.92 Å². The molecule has 1 aliphatic carbocycles. The third kappa shape index (κ3) is 3.21. The zero-order valence-electron chi connectivity index (χ0n) is 10.8. The third-order valence-electron chi connectivity index (χ3n) is 3.74. The van der Waals surface area contributed by atoms with Gasteiger partial charge < -0.3 is 10.4 Å². The van der Waals surface area contributed by atoms with Gasteiger partial charge in [0, 0.05) is 0 Å². The predicted molar refractivity (Wildman–Crippen MR) is 65.5 cm³/mol. The average Bonchev–Trinajstić information content (AvgIpc) is 2.26. The molecule has 1 aliphatic rings. The topological polar surface area (TPSA) is 49.3 Å². The van der Waals surface area contributed by atoms with E-state index >= 15 is 0 Å². The number of aliphatic carboxylic acids is 1. The maximum absolute atomic E-state index is 11.5. The molecule has 0 radical (unpaired) electrons. The van der Waals surface area contributed by atoms with Crippen LogP contribution in [0.5, 0.6) is 0 Å². The third-order valence-corrected chi connectivity index (χ3v) is 3.74. The van der Waals surface area contributed by atoms with Crippen LogP contribution < -0.4 is 5.32 Å². The van der Waals surface area contributed by atoms with Crippen LogP contribution in [0.1, 0.15) is 52.9 Å². The molecule has 1 fully saturated rings. The summed E-state index contributed by atoms with van der Waals surface area (Å²) < 4.78 is 0. The van der Waals surface area contributed by atoms with Gasteiger partial charge in [-0.05, 0) is 38.1 Å². The lowest BCUT2D eigenvalue weighted by molar-refractivity contribution is -0.147. The van der Waals surface area contributed by atoms with Crippen molar-refractivity contribution in [2.75, 3.05) is 6.54 Å². The molecule has 0 aromatic heterocycles. The second kappa shape index (κ2) is 5.67. The second-order valence-electron chi connectivity index (χ2n) is 5.62. The molecule has 3 nitrogen and oxygen atoms in total. The first kappa shape index (κ1) is 13.5. The smallest absolute Gasteiger partial charge is 0.323 e. The Morgan fingerprint density at radius 3 is 2.38 bits per heavy atom. The lowest BCUT2D eigenvalue weighted by Gasteiger charge is -2.37. The Bertz CT molecular complexity index is 234. The fourth-order valence-corrected chi connectivity index (χ4v) is 2.49. The predicted octanol–water partition coefficient (Wildman–Crippen LogP) is 2.66. The molecular weight excluding hydrogens is 202 g/mol. The van der Waals surface area contributed by atoms with E-state index in [1.807, 2.05) is 6.92 Å². The molecular formula is C13H25NO2. The van der Waals surface area contributed by atoms with Crippen LogP contribution in [0, 0.1) is 11.8 Å². The minimum Gasteiger partial charge on any atom is -0.480 e. The number of nitrogens with one attached hydrogen (secondary N) is 1. The first-order chi connectivity index (χ1) is 7.47. The number of hydrogen-bond donors (Lipinski definition) is 2. The van der Waals surface area contributed by atoms with E-state index in [9.17, 15) is 9.90 Å². The van der Waals surface area contributed by atoms with Crippen molar-refractivity contribution < 1.29 is 9.90 Å². The highest BCUT2D eigenvalue weighted by Crippen LogP contribution is 2.32. The SMILES string of the molecule is CC(C)CNC(C)(C(=O)O)C1CCCCC1. The summed E-state index contributed by atoms with van der Waals surface area (Å²) in [7, 11) is 0. The van der Waals surface area contributed by atoms with Crippen LogP contribution in [0.3, 0.4) is 0 Å². The van der Waals surface area contributed by atoms with E-state index in [1.54, 1.807) is 0 Å². The summed E-state index contributed by atoms with van der Waals surface area (Å²) in [5.41, 5.74) is -0.731. The van der Waals surface area contributed by atoms with Crippen molar-refractivity contribution in [3.63, 3.8) is 0 Å². The number of hydrogen-bond acceptors (Lipinski definition) is 2. The summed E-state index contributed by atoms with van der Waals surface area (Å²) in [6.07, 6.45) is 5.71. The zero-order valence-corrected chi connectivity index (χ0v) is 10.8. The van der Waals surface area contributed by atoms with Gasteiger partial charge in [-0.25, -0.2) is 0 Å². The van der Waals surface area contributed by atoms with E-state index in [2.05, 4.69) is 19.2 Å². The van der Waals surface area contributed by atoms with Crippen molar-refractivity contribution in [2.24, 2.45) is 11.8 Å². The maximum Gasteiger partial charge on any atom is 0.323 e. The molecule has 94 valence electrons. The van der Waals surface area contributed by atoms with E-state index in [4.69, 9.17) is 0 Å². The van der Waals surface area contributed by atoms with Gasteiger partial charge in [0.05, 0.1) is 0 Å². The summed E-state index contributed by atoms with van der Waals surface area (Å²) in [5.74, 6) is 0.0832. The Morgan fingerprint density at radius 2 is 1.94 bits per heavy atom. The zero-order chi connectivity index (χ0) is 12.2. The summed E-state index contributed by atoms with van der Waals surface area (Å²) in [5, 5.41) is 12.7. The summed E-state index contributed by atoms with van der Waals surface area (Å²) in [6.45, 7) is 6.85. The van der Waals surface area contributed by atoms with Crippen LogP contribution in [0.4, 0.5) is 0 Å². The van der Waals surface area contributed by atoms with Crippen LogP contribution in [0.2, 0.25) is 0 Å². The van der Waals surface area contributed by atoms with Crippen LogP contribution in [-0.2, 0) is 4.79 Å².